The van der Waals surface area contributed by atoms with Crippen molar-refractivity contribution in [2.75, 3.05) is 26.9 Å². The minimum absolute atomic E-state index is 0.111. The summed E-state index contributed by atoms with van der Waals surface area (Å²) in [6.45, 7) is 6.97. The van der Waals surface area contributed by atoms with Crippen LogP contribution in [0.3, 0.4) is 0 Å². The van der Waals surface area contributed by atoms with Crippen LogP contribution < -0.4 is 10.2 Å². The van der Waals surface area contributed by atoms with E-state index in [9.17, 15) is 9.59 Å². The Balaban J connectivity index is 1.97. The zero-order chi connectivity index (χ0) is 21.4. The third-order valence-electron chi connectivity index (χ3n) is 5.43. The summed E-state index contributed by atoms with van der Waals surface area (Å²) >= 11 is 0. The molecular weight excluding hydrogens is 382 g/mol. The fraction of sp³-hybridized carbons (Fsp3) is 0.333. The predicted molar refractivity (Wildman–Crippen MR) is 114 cm³/mol. The lowest BCUT2D eigenvalue weighted by molar-refractivity contribution is 0.0663. The number of hydrogen-bond acceptors (Lipinski definition) is 5. The van der Waals surface area contributed by atoms with Crippen LogP contribution in [0.1, 0.15) is 45.8 Å². The van der Waals surface area contributed by atoms with Crippen LogP contribution in [0, 0.1) is 13.8 Å². The topological polar surface area (TPSA) is 69.0 Å². The molecule has 2 aromatic carbocycles. The number of amides is 1. The maximum atomic E-state index is 13.6. The van der Waals surface area contributed by atoms with Gasteiger partial charge in [-0.2, -0.15) is 0 Å². The number of ether oxygens (including phenoxy) is 2. The molecule has 6 heteroatoms. The van der Waals surface area contributed by atoms with Gasteiger partial charge in [0.15, 0.2) is 5.43 Å². The number of carbonyl (C=O) groups is 1. The van der Waals surface area contributed by atoms with Crippen LogP contribution in [0.15, 0.2) is 45.6 Å². The molecule has 30 heavy (non-hydrogen) atoms. The number of carbonyl (C=O) groups excluding carboxylic acids is 1. The summed E-state index contributed by atoms with van der Waals surface area (Å²) in [6, 6.07) is 10.7. The first-order valence-corrected chi connectivity index (χ1v) is 10.1. The summed E-state index contributed by atoms with van der Waals surface area (Å²) in [5, 5.41) is 0.520. The van der Waals surface area contributed by atoms with Gasteiger partial charge in [0.2, 0.25) is 5.76 Å². The Bertz CT molecular complexity index is 1180. The van der Waals surface area contributed by atoms with Crippen molar-refractivity contribution in [2.24, 2.45) is 0 Å². The van der Waals surface area contributed by atoms with E-state index in [1.165, 1.54) is 0 Å². The van der Waals surface area contributed by atoms with E-state index < -0.39 is 6.04 Å². The van der Waals surface area contributed by atoms with Gasteiger partial charge >= 0.3 is 0 Å². The van der Waals surface area contributed by atoms with E-state index in [4.69, 9.17) is 13.9 Å². The first kappa shape index (κ1) is 20.2. The molecule has 0 saturated carbocycles. The van der Waals surface area contributed by atoms with Gasteiger partial charge in [0.25, 0.3) is 5.91 Å². The normalized spacial score (nSPS) is 15.7. The molecular formula is C24H25NO5. The fourth-order valence-electron chi connectivity index (χ4n) is 4.22. The van der Waals surface area contributed by atoms with Crippen molar-refractivity contribution >= 4 is 16.9 Å². The van der Waals surface area contributed by atoms with Gasteiger partial charge in [0, 0.05) is 13.7 Å². The molecule has 0 radical (unpaired) electrons. The van der Waals surface area contributed by atoms with E-state index >= 15 is 0 Å². The summed E-state index contributed by atoms with van der Waals surface area (Å²) in [5.74, 6) is 0.506. The van der Waals surface area contributed by atoms with Gasteiger partial charge in [-0.15, -0.1) is 0 Å². The SMILES string of the molecule is CCOc1cccc(C2c3c(oc4cc(C)cc(C)c4c3=O)C(=O)N2CCOC)c1. The zero-order valence-corrected chi connectivity index (χ0v) is 17.7. The van der Waals surface area contributed by atoms with Gasteiger partial charge in [-0.25, -0.2) is 0 Å². The van der Waals surface area contributed by atoms with Crippen LogP contribution in [0.4, 0.5) is 0 Å². The second-order valence-corrected chi connectivity index (χ2v) is 7.53. The summed E-state index contributed by atoms with van der Waals surface area (Å²) in [4.78, 5) is 28.5. The summed E-state index contributed by atoms with van der Waals surface area (Å²) in [5.41, 5.74) is 3.28. The number of methoxy groups -OCH3 is 1. The largest absolute Gasteiger partial charge is 0.494 e. The molecule has 1 aromatic heterocycles. The van der Waals surface area contributed by atoms with Gasteiger partial charge in [-0.1, -0.05) is 18.2 Å². The first-order chi connectivity index (χ1) is 14.5. The third kappa shape index (κ3) is 3.27. The quantitative estimate of drug-likeness (QED) is 0.618. The molecule has 1 aliphatic rings. The lowest BCUT2D eigenvalue weighted by atomic mass is 9.96. The Hall–Kier alpha value is -3.12. The van der Waals surface area contributed by atoms with E-state index in [0.29, 0.717) is 42.0 Å². The number of fused-ring (bicyclic) bond motifs is 2. The third-order valence-corrected chi connectivity index (χ3v) is 5.43. The van der Waals surface area contributed by atoms with Crippen molar-refractivity contribution in [3.63, 3.8) is 0 Å². The molecule has 1 aliphatic heterocycles. The Morgan fingerprint density at radius 1 is 1.13 bits per heavy atom. The van der Waals surface area contributed by atoms with Crippen molar-refractivity contribution in [1.82, 2.24) is 4.90 Å². The van der Waals surface area contributed by atoms with Crippen LogP contribution in [0.25, 0.3) is 11.0 Å². The van der Waals surface area contributed by atoms with Crippen LogP contribution >= 0.6 is 0 Å². The van der Waals surface area contributed by atoms with Crippen LogP contribution in [0.5, 0.6) is 5.75 Å². The summed E-state index contributed by atoms with van der Waals surface area (Å²) in [6.07, 6.45) is 0. The monoisotopic (exact) mass is 407 g/mol. The highest BCUT2D eigenvalue weighted by atomic mass is 16.5. The number of aryl methyl sites for hydroxylation is 2. The van der Waals surface area contributed by atoms with Gasteiger partial charge < -0.3 is 18.8 Å². The van der Waals surface area contributed by atoms with Crippen LogP contribution in [0.2, 0.25) is 0 Å². The minimum Gasteiger partial charge on any atom is -0.494 e. The van der Waals surface area contributed by atoms with Gasteiger partial charge in [-0.05, 0) is 55.7 Å². The maximum absolute atomic E-state index is 13.6. The molecule has 0 saturated heterocycles. The standard InChI is InChI=1S/C24H25NO5/c1-5-29-17-8-6-7-16(13-17)21-20-22(26)19-15(3)11-14(2)12-18(19)30-23(20)24(27)25(21)9-10-28-4/h6-8,11-13,21H,5,9-10H2,1-4H3. The highest BCUT2D eigenvalue weighted by molar-refractivity contribution is 5.99. The van der Waals surface area contributed by atoms with Crippen molar-refractivity contribution in [1.29, 1.82) is 0 Å². The van der Waals surface area contributed by atoms with Crippen molar-refractivity contribution in [3.8, 4) is 5.75 Å². The molecule has 1 atom stereocenters. The average molecular weight is 407 g/mol. The molecule has 2 heterocycles. The molecule has 0 bridgehead atoms. The van der Waals surface area contributed by atoms with Crippen molar-refractivity contribution in [2.45, 2.75) is 26.8 Å². The Morgan fingerprint density at radius 3 is 2.67 bits per heavy atom. The molecule has 0 aliphatic carbocycles. The fourth-order valence-corrected chi connectivity index (χ4v) is 4.22. The lowest BCUT2D eigenvalue weighted by Crippen LogP contribution is -2.32. The highest BCUT2D eigenvalue weighted by Crippen LogP contribution is 2.39. The smallest absolute Gasteiger partial charge is 0.290 e. The highest BCUT2D eigenvalue weighted by Gasteiger charge is 2.42. The van der Waals surface area contributed by atoms with Crippen molar-refractivity contribution < 1.29 is 18.7 Å². The Kier molecular flexibility index (Phi) is 5.35. The Labute approximate surface area is 175 Å². The lowest BCUT2D eigenvalue weighted by Gasteiger charge is -2.25. The van der Waals surface area contributed by atoms with Crippen LogP contribution in [-0.4, -0.2) is 37.7 Å². The molecule has 3 aromatic rings. The van der Waals surface area contributed by atoms with Crippen molar-refractivity contribution in [3.05, 3.63) is 74.6 Å². The zero-order valence-electron chi connectivity index (χ0n) is 17.7. The predicted octanol–water partition coefficient (Wildman–Crippen LogP) is 4.00. The number of rotatable bonds is 6. The molecule has 0 spiro atoms. The van der Waals surface area contributed by atoms with Crippen LogP contribution in [-0.2, 0) is 4.74 Å². The number of hydrogen-bond donors (Lipinski definition) is 0. The van der Waals surface area contributed by atoms with E-state index in [2.05, 4.69) is 0 Å². The van der Waals surface area contributed by atoms with E-state index in [0.717, 1.165) is 16.7 Å². The first-order valence-electron chi connectivity index (χ1n) is 10.1. The van der Waals surface area contributed by atoms with E-state index in [1.54, 1.807) is 18.1 Å². The molecule has 0 fully saturated rings. The summed E-state index contributed by atoms with van der Waals surface area (Å²) < 4.78 is 16.9. The molecule has 156 valence electrons. The number of nitrogens with zero attached hydrogens (tertiary/aromatic N) is 1. The van der Waals surface area contributed by atoms with E-state index in [1.807, 2.05) is 51.1 Å². The summed E-state index contributed by atoms with van der Waals surface area (Å²) in [7, 11) is 1.59. The second-order valence-electron chi connectivity index (χ2n) is 7.53. The van der Waals surface area contributed by atoms with Gasteiger partial charge in [-0.3, -0.25) is 9.59 Å². The minimum atomic E-state index is -0.551. The molecule has 1 unspecified atom stereocenters. The molecule has 1 amide bonds. The van der Waals surface area contributed by atoms with Gasteiger partial charge in [0.1, 0.15) is 11.3 Å². The van der Waals surface area contributed by atoms with Gasteiger partial charge in [0.05, 0.1) is 30.2 Å². The molecule has 6 nitrogen and oxygen atoms in total. The maximum Gasteiger partial charge on any atom is 0.290 e. The second kappa shape index (κ2) is 7.95. The number of benzene rings is 2. The van der Waals surface area contributed by atoms with E-state index in [-0.39, 0.29) is 17.1 Å². The Morgan fingerprint density at radius 2 is 1.93 bits per heavy atom. The molecule has 4 rings (SSSR count). The average Bonchev–Trinajstić information content (AvgIpc) is 2.98. The molecule has 0 N–H and O–H groups in total.